The van der Waals surface area contributed by atoms with Gasteiger partial charge in [-0.15, -0.1) is 0 Å². The number of anilines is 1. The fraction of sp³-hybridized carbons (Fsp3) is 0.424. The molecular weight excluding hydrogens is 654 g/mol. The molecule has 15 heteroatoms. The lowest BCUT2D eigenvalue weighted by Crippen LogP contribution is -2.52. The summed E-state index contributed by atoms with van der Waals surface area (Å²) in [5.74, 6) is -0.187. The number of aryl methyl sites for hydroxylation is 1. The molecule has 1 aliphatic heterocycles. The van der Waals surface area contributed by atoms with E-state index in [-0.39, 0.29) is 18.5 Å². The van der Waals surface area contributed by atoms with E-state index in [4.69, 9.17) is 26.4 Å². The zero-order chi connectivity index (χ0) is 34.2. The number of halogens is 1. The van der Waals surface area contributed by atoms with Crippen molar-refractivity contribution >= 4 is 46.1 Å². The van der Waals surface area contributed by atoms with Gasteiger partial charge in [0.1, 0.15) is 18.0 Å². The van der Waals surface area contributed by atoms with Crippen LogP contribution in [0.1, 0.15) is 51.8 Å². The minimum absolute atomic E-state index is 0.187. The third-order valence-electron chi connectivity index (χ3n) is 8.42. The number of carbonyl (C=O) groups excluding carboxylic acids is 3. The molecule has 48 heavy (non-hydrogen) atoms. The molecule has 1 aromatic carbocycles. The maximum atomic E-state index is 13.4. The minimum Gasteiger partial charge on any atom is -0.444 e. The molecule has 0 radical (unpaired) electrons. The summed E-state index contributed by atoms with van der Waals surface area (Å²) in [6, 6.07) is 6.19. The molecular formula is C33H38ClN9O4S. The van der Waals surface area contributed by atoms with Crippen LogP contribution < -0.4 is 10.6 Å². The average Bonchev–Trinajstić information content (AvgIpc) is 3.79. The third kappa shape index (κ3) is 6.85. The van der Waals surface area contributed by atoms with E-state index in [1.165, 1.54) is 22.6 Å². The topological polar surface area (TPSA) is 147 Å². The van der Waals surface area contributed by atoms with Gasteiger partial charge in [-0.2, -0.15) is 5.10 Å². The van der Waals surface area contributed by atoms with E-state index in [1.807, 2.05) is 28.9 Å². The van der Waals surface area contributed by atoms with E-state index in [1.54, 1.807) is 52.0 Å². The van der Waals surface area contributed by atoms with E-state index in [9.17, 15) is 14.4 Å². The molecule has 2 aliphatic rings. The number of nitrogens with one attached hydrogen (secondary N) is 2. The molecule has 4 heterocycles. The number of amides is 4. The number of likely N-dealkylation sites (N-methyl/N-ethyl adjacent to an activating group) is 1. The number of carbonyl (C=O) groups is 3. The standard InChI is InChI=1S/C33H38ClN9O4S/c1-19(41(5)32(46)47-33(2,3)4)29(44)42-14-8-9-21(42)17-37-30(45)39-31-38-24-13-12-22-26(20-15-35-18-36-16-20)40-43(27(22)28(24)48-31)25-11-7-6-10-23(25)34/h6-7,10-11,15-16,18-19,21H,8-9,12-14,17H2,1-5H3,(H2,37,38,39,45)/t19-,21+/m0/s1. The summed E-state index contributed by atoms with van der Waals surface area (Å²) in [5, 5.41) is 11.8. The monoisotopic (exact) mass is 691 g/mol. The fourth-order valence-corrected chi connectivity index (χ4v) is 7.24. The van der Waals surface area contributed by atoms with Gasteiger partial charge in [-0.05, 0) is 65.5 Å². The summed E-state index contributed by atoms with van der Waals surface area (Å²) in [4.78, 5) is 56.1. The highest BCUT2D eigenvalue weighted by molar-refractivity contribution is 7.19. The summed E-state index contributed by atoms with van der Waals surface area (Å²) in [6.07, 6.45) is 7.32. The number of hydrogen-bond donors (Lipinski definition) is 2. The number of urea groups is 1. The van der Waals surface area contributed by atoms with Gasteiger partial charge in [0, 0.05) is 49.7 Å². The molecule has 0 spiro atoms. The maximum Gasteiger partial charge on any atom is 0.410 e. The summed E-state index contributed by atoms with van der Waals surface area (Å²) in [6.45, 7) is 7.85. The molecule has 0 bridgehead atoms. The van der Waals surface area contributed by atoms with Gasteiger partial charge in [-0.25, -0.2) is 29.2 Å². The first-order chi connectivity index (χ1) is 22.9. The number of thiazole rings is 1. The van der Waals surface area contributed by atoms with E-state index >= 15 is 0 Å². The second-order valence-corrected chi connectivity index (χ2v) is 14.3. The number of para-hydroxylation sites is 1. The van der Waals surface area contributed by atoms with Crippen LogP contribution in [0.5, 0.6) is 0 Å². The molecule has 0 unspecified atom stereocenters. The molecule has 2 N–H and O–H groups in total. The molecule has 3 aromatic heterocycles. The van der Waals surface area contributed by atoms with Crippen molar-refractivity contribution in [3.63, 3.8) is 0 Å². The highest BCUT2D eigenvalue weighted by Crippen LogP contribution is 2.44. The Kier molecular flexibility index (Phi) is 9.39. The molecule has 2 atom stereocenters. The van der Waals surface area contributed by atoms with Gasteiger partial charge >= 0.3 is 12.1 Å². The van der Waals surface area contributed by atoms with Crippen molar-refractivity contribution in [2.45, 2.75) is 71.1 Å². The number of hydrogen-bond acceptors (Lipinski definition) is 9. The lowest BCUT2D eigenvalue weighted by molar-refractivity contribution is -0.136. The van der Waals surface area contributed by atoms with Crippen LogP contribution in [-0.4, -0.2) is 90.4 Å². The van der Waals surface area contributed by atoms with Gasteiger partial charge in [0.25, 0.3) is 0 Å². The van der Waals surface area contributed by atoms with Crippen molar-refractivity contribution in [2.75, 3.05) is 25.5 Å². The van der Waals surface area contributed by atoms with E-state index in [0.717, 1.165) is 51.6 Å². The molecule has 252 valence electrons. The van der Waals surface area contributed by atoms with Gasteiger partial charge in [0.2, 0.25) is 5.91 Å². The molecule has 1 fully saturated rings. The fourth-order valence-electron chi connectivity index (χ4n) is 5.96. The maximum absolute atomic E-state index is 13.4. The molecule has 4 amide bonds. The van der Waals surface area contributed by atoms with Crippen molar-refractivity contribution < 1.29 is 19.1 Å². The number of aromatic nitrogens is 5. The Morgan fingerprint density at radius 1 is 1.17 bits per heavy atom. The molecule has 4 aromatic rings. The number of fused-ring (bicyclic) bond motifs is 3. The van der Waals surface area contributed by atoms with Crippen LogP contribution >= 0.6 is 22.9 Å². The summed E-state index contributed by atoms with van der Waals surface area (Å²) in [5.41, 5.74) is 4.42. The van der Waals surface area contributed by atoms with E-state index < -0.39 is 23.8 Å². The largest absolute Gasteiger partial charge is 0.444 e. The molecule has 1 aliphatic carbocycles. The van der Waals surface area contributed by atoms with Crippen LogP contribution in [0.15, 0.2) is 43.0 Å². The van der Waals surface area contributed by atoms with Crippen LogP contribution in [-0.2, 0) is 22.4 Å². The van der Waals surface area contributed by atoms with Crippen LogP contribution in [0.2, 0.25) is 5.02 Å². The third-order valence-corrected chi connectivity index (χ3v) is 9.76. The first-order valence-corrected chi connectivity index (χ1v) is 17.0. The lowest BCUT2D eigenvalue weighted by Gasteiger charge is -2.32. The molecule has 6 rings (SSSR count). The molecule has 0 saturated carbocycles. The normalized spacial score (nSPS) is 16.1. The minimum atomic E-state index is -0.713. The molecule has 1 saturated heterocycles. The van der Waals surface area contributed by atoms with Crippen LogP contribution in [0.4, 0.5) is 14.7 Å². The summed E-state index contributed by atoms with van der Waals surface area (Å²) < 4.78 is 7.27. The van der Waals surface area contributed by atoms with E-state index in [2.05, 4.69) is 20.6 Å². The number of rotatable bonds is 7. The predicted molar refractivity (Wildman–Crippen MR) is 183 cm³/mol. The van der Waals surface area contributed by atoms with Crippen molar-refractivity contribution in [1.29, 1.82) is 0 Å². The summed E-state index contributed by atoms with van der Waals surface area (Å²) in [7, 11) is 1.56. The Balaban J connectivity index is 1.16. The van der Waals surface area contributed by atoms with E-state index in [0.29, 0.717) is 29.5 Å². The smallest absolute Gasteiger partial charge is 0.410 e. The quantitative estimate of drug-likeness (QED) is 0.256. The first kappa shape index (κ1) is 33.3. The van der Waals surface area contributed by atoms with Crippen LogP contribution in [0.3, 0.4) is 0 Å². The van der Waals surface area contributed by atoms with Crippen molar-refractivity contribution in [3.8, 4) is 27.5 Å². The summed E-state index contributed by atoms with van der Waals surface area (Å²) >= 11 is 8.01. The second kappa shape index (κ2) is 13.5. The zero-order valence-electron chi connectivity index (χ0n) is 27.5. The average molecular weight is 692 g/mol. The Morgan fingerprint density at radius 2 is 1.92 bits per heavy atom. The first-order valence-electron chi connectivity index (χ1n) is 15.8. The Hall–Kier alpha value is -4.56. The van der Waals surface area contributed by atoms with Crippen LogP contribution in [0.25, 0.3) is 27.5 Å². The van der Waals surface area contributed by atoms with Gasteiger partial charge < -0.3 is 15.0 Å². The van der Waals surface area contributed by atoms with Crippen molar-refractivity contribution in [2.24, 2.45) is 0 Å². The van der Waals surface area contributed by atoms with Gasteiger partial charge in [0.15, 0.2) is 5.13 Å². The highest BCUT2D eigenvalue weighted by atomic mass is 35.5. The van der Waals surface area contributed by atoms with Crippen LogP contribution in [0, 0.1) is 0 Å². The molecule has 13 nitrogen and oxygen atoms in total. The highest BCUT2D eigenvalue weighted by Gasteiger charge is 2.36. The Morgan fingerprint density at radius 3 is 2.65 bits per heavy atom. The predicted octanol–water partition coefficient (Wildman–Crippen LogP) is 5.57. The Bertz CT molecular complexity index is 1840. The van der Waals surface area contributed by atoms with Crippen molar-refractivity contribution in [3.05, 3.63) is 59.3 Å². The number of ether oxygens (including phenoxy) is 1. The number of nitrogens with zero attached hydrogens (tertiary/aromatic N) is 7. The number of benzene rings is 1. The number of likely N-dealkylation sites (tertiary alicyclic amines) is 1. The van der Waals surface area contributed by atoms with Gasteiger partial charge in [-0.3, -0.25) is 15.0 Å². The lowest BCUT2D eigenvalue weighted by atomic mass is 9.96. The van der Waals surface area contributed by atoms with Gasteiger partial charge in [0.05, 0.1) is 32.7 Å². The SMILES string of the molecule is C[C@@H](C(=O)N1CCC[C@@H]1CNC(=O)Nc1nc2c(s1)-c1c(c(-c3cncnc3)nn1-c1ccccc1Cl)CC2)N(C)C(=O)OC(C)(C)C. The zero-order valence-corrected chi connectivity index (χ0v) is 29.1. The Labute approximate surface area is 287 Å². The van der Waals surface area contributed by atoms with Crippen molar-refractivity contribution in [1.82, 2.24) is 39.8 Å². The van der Waals surface area contributed by atoms with Gasteiger partial charge in [-0.1, -0.05) is 35.1 Å². The second-order valence-electron chi connectivity index (χ2n) is 12.9.